The van der Waals surface area contributed by atoms with Crippen molar-refractivity contribution in [1.29, 1.82) is 0 Å². The first-order valence-corrected chi connectivity index (χ1v) is 5.21. The zero-order chi connectivity index (χ0) is 11.1. The van der Waals surface area contributed by atoms with Gasteiger partial charge in [0.1, 0.15) is 6.29 Å². The van der Waals surface area contributed by atoms with Crippen molar-refractivity contribution in [3.8, 4) is 0 Å². The Kier molecular flexibility index (Phi) is 4.94. The molecule has 4 nitrogen and oxygen atoms in total. The van der Waals surface area contributed by atoms with Gasteiger partial charge in [0.05, 0.1) is 0 Å². The van der Waals surface area contributed by atoms with Gasteiger partial charge >= 0.3 is 0 Å². The summed E-state index contributed by atoms with van der Waals surface area (Å²) >= 11 is 0. The van der Waals surface area contributed by atoms with Gasteiger partial charge < -0.3 is 9.53 Å². The van der Waals surface area contributed by atoms with Crippen LogP contribution in [0.1, 0.15) is 33.1 Å². The van der Waals surface area contributed by atoms with E-state index in [1.54, 1.807) is 0 Å². The molecule has 4 heteroatoms. The van der Waals surface area contributed by atoms with Gasteiger partial charge in [-0.25, -0.2) is 4.89 Å². The maximum Gasteiger partial charge on any atom is 0.201 e. The summed E-state index contributed by atoms with van der Waals surface area (Å²) in [5.74, 6) is -0.389. The van der Waals surface area contributed by atoms with Crippen LogP contribution in [-0.2, 0) is 19.3 Å². The second-order valence-corrected chi connectivity index (χ2v) is 3.82. The van der Waals surface area contributed by atoms with Crippen LogP contribution >= 0.6 is 0 Å². The summed E-state index contributed by atoms with van der Waals surface area (Å²) < 4.78 is 5.29. The van der Waals surface area contributed by atoms with Crippen molar-refractivity contribution in [2.45, 2.75) is 38.9 Å². The van der Waals surface area contributed by atoms with Crippen LogP contribution in [0, 0.1) is 5.92 Å². The van der Waals surface area contributed by atoms with E-state index in [1.165, 1.54) is 0 Å². The molecule has 15 heavy (non-hydrogen) atoms. The van der Waals surface area contributed by atoms with Gasteiger partial charge in [-0.1, -0.05) is 12.2 Å². The Morgan fingerprint density at radius 1 is 1.53 bits per heavy atom. The number of rotatable bonds is 6. The minimum Gasteiger partial charge on any atom is -0.318 e. The van der Waals surface area contributed by atoms with Crippen LogP contribution in [0.15, 0.2) is 12.2 Å². The van der Waals surface area contributed by atoms with E-state index in [2.05, 4.69) is 0 Å². The lowest BCUT2D eigenvalue weighted by molar-refractivity contribution is -0.317. The predicted octanol–water partition coefficient (Wildman–Crippen LogP) is 2.20. The highest BCUT2D eigenvalue weighted by Gasteiger charge is 2.33. The number of carbonyl (C=O) groups excluding carboxylic acids is 1. The van der Waals surface area contributed by atoms with E-state index in [0.717, 1.165) is 19.1 Å². The fourth-order valence-corrected chi connectivity index (χ4v) is 1.57. The van der Waals surface area contributed by atoms with Crippen molar-refractivity contribution in [3.63, 3.8) is 0 Å². The first-order valence-electron chi connectivity index (χ1n) is 5.21. The van der Waals surface area contributed by atoms with E-state index >= 15 is 0 Å². The van der Waals surface area contributed by atoms with Crippen LogP contribution in [0.2, 0.25) is 0 Å². The first kappa shape index (κ1) is 12.4. The fourth-order valence-electron chi connectivity index (χ4n) is 1.57. The van der Waals surface area contributed by atoms with E-state index in [0.29, 0.717) is 6.42 Å². The van der Waals surface area contributed by atoms with Gasteiger partial charge in [-0.3, -0.25) is 0 Å². The molecule has 2 unspecified atom stereocenters. The average Bonchev–Trinajstić information content (AvgIpc) is 2.63. The van der Waals surface area contributed by atoms with Gasteiger partial charge in [0.2, 0.25) is 5.79 Å². The number of aldehydes is 1. The minimum atomic E-state index is -0.650. The molecule has 0 spiro atoms. The van der Waals surface area contributed by atoms with Gasteiger partial charge in [0.15, 0.2) is 6.79 Å². The molecule has 1 rings (SSSR count). The van der Waals surface area contributed by atoms with E-state index in [-0.39, 0.29) is 12.7 Å². The smallest absolute Gasteiger partial charge is 0.201 e. The van der Waals surface area contributed by atoms with Crippen molar-refractivity contribution in [1.82, 2.24) is 0 Å². The Labute approximate surface area is 90.1 Å². The van der Waals surface area contributed by atoms with Crippen molar-refractivity contribution in [2.24, 2.45) is 5.92 Å². The number of hydrogen-bond acceptors (Lipinski definition) is 4. The molecule has 1 fully saturated rings. The monoisotopic (exact) mass is 214 g/mol. The third kappa shape index (κ3) is 4.11. The molecule has 2 atom stereocenters. The topological polar surface area (TPSA) is 44.8 Å². The molecule has 86 valence electrons. The fraction of sp³-hybridized carbons (Fsp3) is 0.727. The SMILES string of the molecule is C/C=C/C(CC=O)CCC1(C)OCOO1. The summed E-state index contributed by atoms with van der Waals surface area (Å²) in [5.41, 5.74) is 0. The maximum absolute atomic E-state index is 10.4. The molecule has 0 saturated carbocycles. The third-order valence-electron chi connectivity index (χ3n) is 2.48. The highest BCUT2D eigenvalue weighted by molar-refractivity contribution is 5.50. The number of allylic oxidation sites excluding steroid dienone is 2. The summed E-state index contributed by atoms with van der Waals surface area (Å²) in [5, 5.41) is 0. The molecular formula is C11H18O4. The van der Waals surface area contributed by atoms with E-state index in [9.17, 15) is 4.79 Å². The second-order valence-electron chi connectivity index (χ2n) is 3.82. The number of carbonyl (C=O) groups is 1. The Hall–Kier alpha value is -0.710. The summed E-state index contributed by atoms with van der Waals surface area (Å²) in [6.45, 7) is 3.97. The van der Waals surface area contributed by atoms with Crippen LogP contribution < -0.4 is 0 Å². The minimum absolute atomic E-state index is 0.179. The molecule has 1 saturated heterocycles. The average molecular weight is 214 g/mol. The summed E-state index contributed by atoms with van der Waals surface area (Å²) in [6, 6.07) is 0. The molecule has 0 bridgehead atoms. The lowest BCUT2D eigenvalue weighted by Crippen LogP contribution is -2.26. The van der Waals surface area contributed by atoms with Gasteiger partial charge in [0, 0.05) is 12.8 Å². The van der Waals surface area contributed by atoms with Gasteiger partial charge in [-0.2, -0.15) is 4.89 Å². The predicted molar refractivity (Wildman–Crippen MR) is 54.7 cm³/mol. The lowest BCUT2D eigenvalue weighted by atomic mass is 9.97. The number of ether oxygens (including phenoxy) is 1. The Morgan fingerprint density at radius 3 is 2.87 bits per heavy atom. The van der Waals surface area contributed by atoms with E-state index in [4.69, 9.17) is 14.5 Å². The van der Waals surface area contributed by atoms with Gasteiger partial charge in [-0.15, -0.1) is 0 Å². The molecule has 0 amide bonds. The van der Waals surface area contributed by atoms with Crippen LogP contribution in [0.25, 0.3) is 0 Å². The van der Waals surface area contributed by atoms with Crippen molar-refractivity contribution in [2.75, 3.05) is 6.79 Å². The van der Waals surface area contributed by atoms with Gasteiger partial charge in [-0.05, 0) is 26.2 Å². The molecule has 1 aliphatic heterocycles. The zero-order valence-corrected chi connectivity index (χ0v) is 9.27. The molecule has 1 aliphatic rings. The molecule has 0 aromatic carbocycles. The molecule has 0 aromatic heterocycles. The van der Waals surface area contributed by atoms with Crippen LogP contribution in [0.4, 0.5) is 0 Å². The van der Waals surface area contributed by atoms with Crippen molar-refractivity contribution in [3.05, 3.63) is 12.2 Å². The summed E-state index contributed by atoms with van der Waals surface area (Å²) in [4.78, 5) is 20.2. The van der Waals surface area contributed by atoms with Crippen LogP contribution in [0.3, 0.4) is 0 Å². The van der Waals surface area contributed by atoms with E-state index in [1.807, 2.05) is 26.0 Å². The standard InChI is InChI=1S/C11H18O4/c1-3-4-10(6-8-12)5-7-11(2)13-9-14-15-11/h3-4,8,10H,5-7,9H2,1-2H3/b4-3+. The first-order chi connectivity index (χ1) is 7.20. The molecule has 1 heterocycles. The van der Waals surface area contributed by atoms with Gasteiger partial charge in [0.25, 0.3) is 0 Å². The highest BCUT2D eigenvalue weighted by Crippen LogP contribution is 2.27. The lowest BCUT2D eigenvalue weighted by Gasteiger charge is -2.20. The molecule has 0 N–H and O–H groups in total. The quantitative estimate of drug-likeness (QED) is 0.386. The largest absolute Gasteiger partial charge is 0.318 e. The molecule has 0 aromatic rings. The Morgan fingerprint density at radius 2 is 2.33 bits per heavy atom. The number of hydrogen-bond donors (Lipinski definition) is 0. The summed E-state index contributed by atoms with van der Waals surface area (Å²) in [7, 11) is 0. The Balaban J connectivity index is 2.34. The van der Waals surface area contributed by atoms with Crippen molar-refractivity contribution >= 4 is 6.29 Å². The normalized spacial score (nSPS) is 28.4. The summed E-state index contributed by atoms with van der Waals surface area (Å²) in [6.07, 6.45) is 7.05. The molecular weight excluding hydrogens is 196 g/mol. The van der Waals surface area contributed by atoms with Crippen LogP contribution in [0.5, 0.6) is 0 Å². The van der Waals surface area contributed by atoms with E-state index < -0.39 is 5.79 Å². The molecule has 0 aliphatic carbocycles. The Bertz CT molecular complexity index is 219. The second kappa shape index (κ2) is 6.00. The molecule has 0 radical (unpaired) electrons. The highest BCUT2D eigenvalue weighted by atomic mass is 17.3. The third-order valence-corrected chi connectivity index (χ3v) is 2.48. The van der Waals surface area contributed by atoms with Crippen LogP contribution in [-0.4, -0.2) is 18.9 Å². The maximum atomic E-state index is 10.4. The van der Waals surface area contributed by atoms with Crippen molar-refractivity contribution < 1.29 is 19.3 Å². The zero-order valence-electron chi connectivity index (χ0n) is 9.27.